The molecule has 0 radical (unpaired) electrons. The molecule has 2 heteroatoms. The Kier molecular flexibility index (Phi) is 1.67. The van der Waals surface area contributed by atoms with Crippen molar-refractivity contribution in [1.82, 2.24) is 0 Å². The number of benzene rings is 1. The third kappa shape index (κ3) is 1.11. The Bertz CT molecular complexity index is 341. The molecule has 0 atom stereocenters. The highest BCUT2D eigenvalue weighted by atomic mass is 16.1. The minimum atomic E-state index is 0.639. The van der Waals surface area contributed by atoms with Crippen LogP contribution in [0.4, 0.5) is 5.69 Å². The van der Waals surface area contributed by atoms with Crippen LogP contribution in [0.2, 0.25) is 0 Å². The molecule has 0 fully saturated rings. The summed E-state index contributed by atoms with van der Waals surface area (Å²) in [6.45, 7) is 0.639. The van der Waals surface area contributed by atoms with E-state index in [0.29, 0.717) is 6.54 Å². The summed E-state index contributed by atoms with van der Waals surface area (Å²) in [6, 6.07) is 7.94. The highest BCUT2D eigenvalue weighted by Gasteiger charge is 2.06. The van der Waals surface area contributed by atoms with Gasteiger partial charge in [0.2, 0.25) is 0 Å². The summed E-state index contributed by atoms with van der Waals surface area (Å²) in [6.07, 6.45) is 2.81. The molecule has 1 aliphatic rings. The van der Waals surface area contributed by atoms with Crippen molar-refractivity contribution >= 4 is 18.0 Å². The van der Waals surface area contributed by atoms with Gasteiger partial charge in [-0.15, -0.1) is 0 Å². The molecule has 1 aliphatic heterocycles. The van der Waals surface area contributed by atoms with E-state index < -0.39 is 0 Å². The quantitative estimate of drug-likeness (QED) is 0.632. The van der Waals surface area contributed by atoms with Gasteiger partial charge in [-0.3, -0.25) is 4.79 Å². The summed E-state index contributed by atoms with van der Waals surface area (Å²) in [7, 11) is 0. The lowest BCUT2D eigenvalue weighted by molar-refractivity contribution is -0.104. The maximum absolute atomic E-state index is 10.5. The standard InChI is InChI=1S/C10H9NO/c12-7-8-5-9-3-1-2-4-10(9)11-6-8/h1-5,7,11H,6H2. The Balaban J connectivity index is 2.47. The van der Waals surface area contributed by atoms with Crippen LogP contribution in [0.1, 0.15) is 5.56 Å². The van der Waals surface area contributed by atoms with Gasteiger partial charge in [0.05, 0.1) is 0 Å². The fraction of sp³-hybridized carbons (Fsp3) is 0.100. The van der Waals surface area contributed by atoms with Gasteiger partial charge in [-0.1, -0.05) is 18.2 Å². The second-order valence-electron chi connectivity index (χ2n) is 2.78. The van der Waals surface area contributed by atoms with E-state index in [1.54, 1.807) is 0 Å². The van der Waals surface area contributed by atoms with Crippen LogP contribution in [-0.2, 0) is 4.79 Å². The van der Waals surface area contributed by atoms with Gasteiger partial charge >= 0.3 is 0 Å². The topological polar surface area (TPSA) is 29.1 Å². The third-order valence-corrected chi connectivity index (χ3v) is 1.94. The fourth-order valence-electron chi connectivity index (χ4n) is 1.31. The first kappa shape index (κ1) is 7.10. The molecular formula is C10H9NO. The molecule has 0 spiro atoms. The van der Waals surface area contributed by atoms with Crippen LogP contribution in [-0.4, -0.2) is 12.8 Å². The molecule has 0 bridgehead atoms. The molecule has 2 nitrogen and oxygen atoms in total. The summed E-state index contributed by atoms with van der Waals surface area (Å²) < 4.78 is 0. The molecule has 0 aliphatic carbocycles. The smallest absolute Gasteiger partial charge is 0.147 e. The monoisotopic (exact) mass is 159 g/mol. The predicted octanol–water partition coefficient (Wildman–Crippen LogP) is 1.69. The normalized spacial score (nSPS) is 14.2. The Labute approximate surface area is 70.9 Å². The molecule has 1 N–H and O–H groups in total. The Morgan fingerprint density at radius 3 is 3.00 bits per heavy atom. The van der Waals surface area contributed by atoms with Crippen LogP contribution in [0.5, 0.6) is 0 Å². The zero-order valence-corrected chi connectivity index (χ0v) is 6.58. The van der Waals surface area contributed by atoms with E-state index in [2.05, 4.69) is 5.32 Å². The number of carbonyl (C=O) groups is 1. The van der Waals surface area contributed by atoms with Crippen LogP contribution in [0.3, 0.4) is 0 Å². The van der Waals surface area contributed by atoms with Gasteiger partial charge in [-0.05, 0) is 17.7 Å². The van der Waals surface area contributed by atoms with Gasteiger partial charge in [0.1, 0.15) is 6.29 Å². The van der Waals surface area contributed by atoms with Gasteiger partial charge in [-0.25, -0.2) is 0 Å². The first-order valence-corrected chi connectivity index (χ1v) is 3.89. The number of rotatable bonds is 1. The van der Waals surface area contributed by atoms with E-state index in [4.69, 9.17) is 0 Å². The fourth-order valence-corrected chi connectivity index (χ4v) is 1.31. The van der Waals surface area contributed by atoms with Crippen LogP contribution in [0, 0.1) is 0 Å². The van der Waals surface area contributed by atoms with Crippen molar-refractivity contribution < 1.29 is 4.79 Å². The minimum absolute atomic E-state index is 0.639. The zero-order chi connectivity index (χ0) is 8.39. The van der Waals surface area contributed by atoms with Crippen molar-refractivity contribution in [2.75, 3.05) is 11.9 Å². The van der Waals surface area contributed by atoms with Gasteiger partial charge in [-0.2, -0.15) is 0 Å². The lowest BCUT2D eigenvalue weighted by atomic mass is 10.1. The lowest BCUT2D eigenvalue weighted by Gasteiger charge is -2.14. The number of hydrogen-bond acceptors (Lipinski definition) is 2. The number of anilines is 1. The molecule has 0 saturated carbocycles. The van der Waals surface area contributed by atoms with Crippen molar-refractivity contribution in [3.05, 3.63) is 35.4 Å². The Morgan fingerprint density at radius 2 is 2.17 bits per heavy atom. The van der Waals surface area contributed by atoms with Crippen LogP contribution in [0.25, 0.3) is 6.08 Å². The maximum atomic E-state index is 10.5. The van der Waals surface area contributed by atoms with Crippen molar-refractivity contribution in [2.45, 2.75) is 0 Å². The van der Waals surface area contributed by atoms with Gasteiger partial charge in [0.25, 0.3) is 0 Å². The number of aldehydes is 1. The molecule has 1 aromatic carbocycles. The van der Waals surface area contributed by atoms with E-state index in [-0.39, 0.29) is 0 Å². The summed E-state index contributed by atoms with van der Waals surface area (Å²) in [5.74, 6) is 0. The number of para-hydroxylation sites is 1. The highest BCUT2D eigenvalue weighted by molar-refractivity contribution is 5.87. The molecule has 0 amide bonds. The van der Waals surface area contributed by atoms with Crippen molar-refractivity contribution in [3.63, 3.8) is 0 Å². The molecule has 60 valence electrons. The highest BCUT2D eigenvalue weighted by Crippen LogP contribution is 2.21. The first-order valence-electron chi connectivity index (χ1n) is 3.89. The first-order chi connectivity index (χ1) is 5.90. The average molecular weight is 159 g/mol. The molecular weight excluding hydrogens is 150 g/mol. The number of nitrogens with one attached hydrogen (secondary N) is 1. The maximum Gasteiger partial charge on any atom is 0.147 e. The summed E-state index contributed by atoms with van der Waals surface area (Å²) in [5.41, 5.74) is 2.99. The van der Waals surface area contributed by atoms with Crippen molar-refractivity contribution in [2.24, 2.45) is 0 Å². The molecule has 1 heterocycles. The van der Waals surface area contributed by atoms with Gasteiger partial charge < -0.3 is 5.32 Å². The van der Waals surface area contributed by atoms with Gasteiger partial charge in [0, 0.05) is 17.8 Å². The molecule has 0 aromatic heterocycles. The number of carbonyl (C=O) groups excluding carboxylic acids is 1. The number of hydrogen-bond donors (Lipinski definition) is 1. The van der Waals surface area contributed by atoms with Crippen LogP contribution in [0.15, 0.2) is 29.8 Å². The van der Waals surface area contributed by atoms with E-state index >= 15 is 0 Å². The van der Waals surface area contributed by atoms with Gasteiger partial charge in [0.15, 0.2) is 0 Å². The number of fused-ring (bicyclic) bond motifs is 1. The average Bonchev–Trinajstić information content (AvgIpc) is 2.17. The molecule has 12 heavy (non-hydrogen) atoms. The SMILES string of the molecule is O=CC1=Cc2ccccc2NC1. The van der Waals surface area contributed by atoms with Crippen molar-refractivity contribution in [1.29, 1.82) is 0 Å². The molecule has 0 unspecified atom stereocenters. The Morgan fingerprint density at radius 1 is 1.33 bits per heavy atom. The van der Waals surface area contributed by atoms with E-state index in [0.717, 1.165) is 23.1 Å². The predicted molar refractivity (Wildman–Crippen MR) is 49.0 cm³/mol. The second kappa shape index (κ2) is 2.81. The van der Waals surface area contributed by atoms with E-state index in [9.17, 15) is 4.79 Å². The van der Waals surface area contributed by atoms with E-state index in [1.165, 1.54) is 0 Å². The van der Waals surface area contributed by atoms with E-state index in [1.807, 2.05) is 30.3 Å². The second-order valence-corrected chi connectivity index (χ2v) is 2.78. The zero-order valence-electron chi connectivity index (χ0n) is 6.58. The minimum Gasteiger partial charge on any atom is -0.380 e. The Hall–Kier alpha value is -1.57. The largest absolute Gasteiger partial charge is 0.380 e. The van der Waals surface area contributed by atoms with Crippen molar-refractivity contribution in [3.8, 4) is 0 Å². The summed E-state index contributed by atoms with van der Waals surface area (Å²) >= 11 is 0. The summed E-state index contributed by atoms with van der Waals surface area (Å²) in [4.78, 5) is 10.5. The lowest BCUT2D eigenvalue weighted by Crippen LogP contribution is -2.10. The third-order valence-electron chi connectivity index (χ3n) is 1.94. The molecule has 1 aromatic rings. The molecule has 2 rings (SSSR count). The van der Waals surface area contributed by atoms with Crippen LogP contribution < -0.4 is 5.32 Å². The van der Waals surface area contributed by atoms with Crippen LogP contribution >= 0.6 is 0 Å². The molecule has 0 saturated heterocycles. The summed E-state index contributed by atoms with van der Waals surface area (Å²) in [5, 5.41) is 3.16.